The molecular formula is C15H11F2N3O2. The van der Waals surface area contributed by atoms with Gasteiger partial charge in [0.1, 0.15) is 18.9 Å². The van der Waals surface area contributed by atoms with Crippen molar-refractivity contribution in [2.75, 3.05) is 13.3 Å². The number of fused-ring (bicyclic) bond motifs is 1. The van der Waals surface area contributed by atoms with Crippen molar-refractivity contribution in [1.82, 2.24) is 14.4 Å². The highest BCUT2D eigenvalue weighted by molar-refractivity contribution is 5.89. The first-order chi connectivity index (χ1) is 10.7. The fourth-order valence-electron chi connectivity index (χ4n) is 1.99. The van der Waals surface area contributed by atoms with Gasteiger partial charge in [-0.05, 0) is 24.3 Å². The van der Waals surface area contributed by atoms with Crippen molar-refractivity contribution in [3.8, 4) is 11.3 Å². The third kappa shape index (κ3) is 2.78. The Morgan fingerprint density at radius 3 is 2.82 bits per heavy atom. The fraction of sp³-hybridized carbons (Fsp3) is 0.133. The van der Waals surface area contributed by atoms with Crippen LogP contribution in [0.5, 0.6) is 0 Å². The maximum absolute atomic E-state index is 12.8. The van der Waals surface area contributed by atoms with Crippen LogP contribution >= 0.6 is 0 Å². The van der Waals surface area contributed by atoms with E-state index in [2.05, 4.69) is 9.97 Å². The van der Waals surface area contributed by atoms with Crippen LogP contribution in [-0.4, -0.2) is 33.6 Å². The Balaban J connectivity index is 1.93. The number of halogens is 2. The fourth-order valence-corrected chi connectivity index (χ4v) is 1.99. The number of imidazole rings is 1. The Morgan fingerprint density at radius 2 is 2.09 bits per heavy atom. The molecule has 112 valence electrons. The molecular weight excluding hydrogens is 292 g/mol. The number of alkyl halides is 1. The molecule has 0 aliphatic carbocycles. The minimum absolute atomic E-state index is 0.271. The average molecular weight is 303 g/mol. The molecule has 0 aromatic carbocycles. The van der Waals surface area contributed by atoms with E-state index in [1.54, 1.807) is 35.0 Å². The molecule has 7 heteroatoms. The number of ether oxygens (including phenoxy) is 1. The van der Waals surface area contributed by atoms with E-state index in [9.17, 15) is 13.6 Å². The summed E-state index contributed by atoms with van der Waals surface area (Å²) in [5.74, 6) is -1.16. The summed E-state index contributed by atoms with van der Waals surface area (Å²) in [6.45, 7) is -0.992. The minimum Gasteiger partial charge on any atom is -0.459 e. The molecule has 0 aliphatic heterocycles. The zero-order chi connectivity index (χ0) is 15.5. The first kappa shape index (κ1) is 14.1. The molecule has 22 heavy (non-hydrogen) atoms. The summed E-state index contributed by atoms with van der Waals surface area (Å²) in [6, 6.07) is 6.02. The van der Waals surface area contributed by atoms with Gasteiger partial charge in [0.15, 0.2) is 0 Å². The van der Waals surface area contributed by atoms with E-state index >= 15 is 0 Å². The number of rotatable bonds is 4. The summed E-state index contributed by atoms with van der Waals surface area (Å²) in [5.41, 5.74) is 2.16. The van der Waals surface area contributed by atoms with E-state index in [-0.39, 0.29) is 6.61 Å². The van der Waals surface area contributed by atoms with Crippen LogP contribution in [0.15, 0.2) is 42.9 Å². The SMILES string of the molecule is O=C(OCCF)c1ccc2nc(-c3ccc(F)nc3)cn2c1. The summed E-state index contributed by atoms with van der Waals surface area (Å²) in [6.07, 6.45) is 4.62. The van der Waals surface area contributed by atoms with Crippen molar-refractivity contribution >= 4 is 11.6 Å². The van der Waals surface area contributed by atoms with Gasteiger partial charge in [-0.25, -0.2) is 19.2 Å². The van der Waals surface area contributed by atoms with Gasteiger partial charge in [-0.2, -0.15) is 4.39 Å². The van der Waals surface area contributed by atoms with E-state index in [0.29, 0.717) is 22.5 Å². The molecule has 0 unspecified atom stereocenters. The van der Waals surface area contributed by atoms with Gasteiger partial charge in [-0.15, -0.1) is 0 Å². The zero-order valence-electron chi connectivity index (χ0n) is 11.4. The Morgan fingerprint density at radius 1 is 1.23 bits per heavy atom. The monoisotopic (exact) mass is 303 g/mol. The largest absolute Gasteiger partial charge is 0.459 e. The number of aromatic nitrogens is 3. The van der Waals surface area contributed by atoms with Crippen molar-refractivity contribution in [1.29, 1.82) is 0 Å². The van der Waals surface area contributed by atoms with E-state index in [0.717, 1.165) is 0 Å². The van der Waals surface area contributed by atoms with Gasteiger partial charge in [0, 0.05) is 24.2 Å². The lowest BCUT2D eigenvalue weighted by atomic mass is 10.2. The number of esters is 1. The summed E-state index contributed by atoms with van der Waals surface area (Å²) >= 11 is 0. The van der Waals surface area contributed by atoms with Gasteiger partial charge in [0.2, 0.25) is 5.95 Å². The number of pyridine rings is 2. The van der Waals surface area contributed by atoms with Crippen LogP contribution in [0.3, 0.4) is 0 Å². The Kier molecular flexibility index (Phi) is 3.78. The van der Waals surface area contributed by atoms with Gasteiger partial charge in [-0.3, -0.25) is 0 Å². The van der Waals surface area contributed by atoms with Crippen LogP contribution in [0.25, 0.3) is 16.9 Å². The van der Waals surface area contributed by atoms with Crippen LogP contribution in [0.4, 0.5) is 8.78 Å². The molecule has 3 heterocycles. The average Bonchev–Trinajstić information content (AvgIpc) is 2.96. The summed E-state index contributed by atoms with van der Waals surface area (Å²) in [5, 5.41) is 0. The van der Waals surface area contributed by atoms with Gasteiger partial charge in [-0.1, -0.05) is 0 Å². The molecule has 0 N–H and O–H groups in total. The van der Waals surface area contributed by atoms with Crippen molar-refractivity contribution < 1.29 is 18.3 Å². The predicted octanol–water partition coefficient (Wildman–Crippen LogP) is 2.66. The first-order valence-corrected chi connectivity index (χ1v) is 6.51. The third-order valence-corrected chi connectivity index (χ3v) is 3.02. The lowest BCUT2D eigenvalue weighted by Crippen LogP contribution is -2.08. The minimum atomic E-state index is -0.721. The van der Waals surface area contributed by atoms with E-state index in [1.807, 2.05) is 0 Å². The Labute approximate surface area is 124 Å². The summed E-state index contributed by atoms with van der Waals surface area (Å²) in [4.78, 5) is 19.6. The standard InChI is InChI=1S/C15H11F2N3O2/c16-5-6-22-15(21)11-2-4-14-19-12(9-20(14)8-11)10-1-3-13(17)18-7-10/h1-4,7-9H,5-6H2. The van der Waals surface area contributed by atoms with Crippen LogP contribution in [0, 0.1) is 5.95 Å². The van der Waals surface area contributed by atoms with Crippen LogP contribution < -0.4 is 0 Å². The number of carbonyl (C=O) groups is 1. The molecule has 0 saturated carbocycles. The number of nitrogens with zero attached hydrogens (tertiary/aromatic N) is 3. The van der Waals surface area contributed by atoms with Gasteiger partial charge < -0.3 is 9.14 Å². The van der Waals surface area contributed by atoms with E-state index in [1.165, 1.54) is 12.3 Å². The first-order valence-electron chi connectivity index (χ1n) is 6.51. The van der Waals surface area contributed by atoms with Gasteiger partial charge in [0.25, 0.3) is 0 Å². The highest BCUT2D eigenvalue weighted by Gasteiger charge is 2.10. The Hall–Kier alpha value is -2.83. The van der Waals surface area contributed by atoms with Crippen LogP contribution in [-0.2, 0) is 4.74 Å². The van der Waals surface area contributed by atoms with Crippen molar-refractivity contribution in [2.45, 2.75) is 0 Å². The summed E-state index contributed by atoms with van der Waals surface area (Å²) in [7, 11) is 0. The Bertz CT molecular complexity index is 815. The third-order valence-electron chi connectivity index (χ3n) is 3.02. The molecule has 0 aliphatic rings. The van der Waals surface area contributed by atoms with Crippen molar-refractivity contribution in [3.05, 3.63) is 54.4 Å². The molecule has 0 radical (unpaired) electrons. The molecule has 0 fully saturated rings. The van der Waals surface area contributed by atoms with E-state index < -0.39 is 18.6 Å². The smallest absolute Gasteiger partial charge is 0.339 e. The molecule has 3 aromatic rings. The lowest BCUT2D eigenvalue weighted by Gasteiger charge is -2.02. The highest BCUT2D eigenvalue weighted by atomic mass is 19.1. The molecule has 3 rings (SSSR count). The topological polar surface area (TPSA) is 56.5 Å². The highest BCUT2D eigenvalue weighted by Crippen LogP contribution is 2.19. The molecule has 0 bridgehead atoms. The van der Waals surface area contributed by atoms with E-state index in [4.69, 9.17) is 4.74 Å². The summed E-state index contributed by atoms with van der Waals surface area (Å²) < 4.78 is 31.2. The van der Waals surface area contributed by atoms with Crippen LogP contribution in [0.2, 0.25) is 0 Å². The quantitative estimate of drug-likeness (QED) is 0.549. The van der Waals surface area contributed by atoms with Gasteiger partial charge >= 0.3 is 5.97 Å². The molecule has 0 spiro atoms. The number of hydrogen-bond acceptors (Lipinski definition) is 4. The number of hydrogen-bond donors (Lipinski definition) is 0. The van der Waals surface area contributed by atoms with Crippen LogP contribution in [0.1, 0.15) is 10.4 Å². The number of carbonyl (C=O) groups excluding carboxylic acids is 1. The zero-order valence-corrected chi connectivity index (χ0v) is 11.4. The molecule has 0 atom stereocenters. The second kappa shape index (κ2) is 5.88. The normalized spacial score (nSPS) is 10.8. The van der Waals surface area contributed by atoms with Crippen molar-refractivity contribution in [2.24, 2.45) is 0 Å². The molecule has 0 saturated heterocycles. The maximum Gasteiger partial charge on any atom is 0.339 e. The lowest BCUT2D eigenvalue weighted by molar-refractivity contribution is 0.0480. The second-order valence-electron chi connectivity index (χ2n) is 4.50. The molecule has 5 nitrogen and oxygen atoms in total. The van der Waals surface area contributed by atoms with Crippen molar-refractivity contribution in [3.63, 3.8) is 0 Å². The maximum atomic E-state index is 12.8. The predicted molar refractivity (Wildman–Crippen MR) is 74.6 cm³/mol. The molecule has 3 aromatic heterocycles. The van der Waals surface area contributed by atoms with Gasteiger partial charge in [0.05, 0.1) is 11.3 Å². The molecule has 0 amide bonds. The second-order valence-corrected chi connectivity index (χ2v) is 4.50.